The van der Waals surface area contributed by atoms with Gasteiger partial charge in [-0.25, -0.2) is 4.98 Å². The maximum absolute atomic E-state index is 13.3. The van der Waals surface area contributed by atoms with E-state index in [0.29, 0.717) is 16.2 Å². The normalized spacial score (nSPS) is 17.3. The van der Waals surface area contributed by atoms with Crippen molar-refractivity contribution >= 4 is 28.5 Å². The Morgan fingerprint density at radius 1 is 1.14 bits per heavy atom. The predicted molar refractivity (Wildman–Crippen MR) is 112 cm³/mol. The van der Waals surface area contributed by atoms with Gasteiger partial charge in [-0.3, -0.25) is 0 Å². The van der Waals surface area contributed by atoms with E-state index in [1.165, 1.54) is 4.90 Å². The molecule has 0 amide bonds. The van der Waals surface area contributed by atoms with Crippen LogP contribution in [0, 0.1) is 11.3 Å². The standard InChI is InChI=1S/C21H17ClF6N6O/c22-10-3-4-14-13(8-10)12-5-7-34(15(16(12)30-14)9-11(35)2-1-6-29)19-32-17(20(23,24)25)31-18(33-19)21(26,27)28/h3-4,8,11,15,30,35H,1-2,5,7,9H2/t11-,15+/m0/s1. The average Bonchev–Trinajstić information content (AvgIpc) is 3.14. The minimum absolute atomic E-state index is 0.0191. The third-order valence-corrected chi connectivity index (χ3v) is 5.92. The van der Waals surface area contributed by atoms with Crippen molar-refractivity contribution in [2.45, 2.75) is 50.2 Å². The Kier molecular flexibility index (Phi) is 6.54. The quantitative estimate of drug-likeness (QED) is 0.450. The lowest BCUT2D eigenvalue weighted by Crippen LogP contribution is -2.39. The lowest BCUT2D eigenvalue weighted by molar-refractivity contribution is -0.155. The van der Waals surface area contributed by atoms with Gasteiger partial charge in [0.1, 0.15) is 0 Å². The summed E-state index contributed by atoms with van der Waals surface area (Å²) in [4.78, 5) is 13.6. The molecule has 3 aromatic rings. The molecule has 2 atom stereocenters. The first-order valence-electron chi connectivity index (χ1n) is 10.4. The number of nitriles is 1. The van der Waals surface area contributed by atoms with E-state index in [9.17, 15) is 31.4 Å². The van der Waals surface area contributed by atoms with Crippen LogP contribution in [0.4, 0.5) is 32.3 Å². The molecule has 7 nitrogen and oxygen atoms in total. The first kappa shape index (κ1) is 25.0. The topological polar surface area (TPSA) is 102 Å². The molecule has 0 bridgehead atoms. The highest BCUT2D eigenvalue weighted by molar-refractivity contribution is 6.31. The molecule has 0 spiro atoms. The summed E-state index contributed by atoms with van der Waals surface area (Å²) in [6.45, 7) is -0.0271. The Hall–Kier alpha value is -3.11. The van der Waals surface area contributed by atoms with Gasteiger partial charge in [0, 0.05) is 34.6 Å². The van der Waals surface area contributed by atoms with E-state index in [0.717, 1.165) is 10.9 Å². The minimum atomic E-state index is -5.24. The summed E-state index contributed by atoms with van der Waals surface area (Å²) in [6, 6.07) is 6.04. The first-order chi connectivity index (χ1) is 16.4. The summed E-state index contributed by atoms with van der Waals surface area (Å²) in [5.74, 6) is -4.74. The summed E-state index contributed by atoms with van der Waals surface area (Å²) >= 11 is 6.11. The monoisotopic (exact) mass is 518 g/mol. The molecule has 3 heterocycles. The van der Waals surface area contributed by atoms with E-state index >= 15 is 0 Å². The number of rotatable bonds is 5. The number of aromatic nitrogens is 4. The lowest BCUT2D eigenvalue weighted by Gasteiger charge is -2.37. The number of alkyl halides is 6. The van der Waals surface area contributed by atoms with Crippen molar-refractivity contribution in [1.29, 1.82) is 5.26 Å². The van der Waals surface area contributed by atoms with Crippen molar-refractivity contribution in [2.24, 2.45) is 0 Å². The summed E-state index contributed by atoms with van der Waals surface area (Å²) < 4.78 is 80.0. The summed E-state index contributed by atoms with van der Waals surface area (Å²) in [5, 5.41) is 20.5. The number of aromatic amines is 1. The minimum Gasteiger partial charge on any atom is -0.393 e. The van der Waals surface area contributed by atoms with Crippen LogP contribution in [-0.2, 0) is 18.8 Å². The van der Waals surface area contributed by atoms with Crippen LogP contribution in [0.15, 0.2) is 18.2 Å². The molecule has 186 valence electrons. The molecular weight excluding hydrogens is 502 g/mol. The number of aliphatic hydroxyl groups is 1. The molecule has 1 aromatic carbocycles. The smallest absolute Gasteiger partial charge is 0.393 e. The van der Waals surface area contributed by atoms with Gasteiger partial charge in [-0.15, -0.1) is 0 Å². The molecule has 1 aliphatic heterocycles. The molecule has 0 aliphatic carbocycles. The number of halogens is 7. The largest absolute Gasteiger partial charge is 0.451 e. The van der Waals surface area contributed by atoms with Gasteiger partial charge < -0.3 is 15.0 Å². The van der Waals surface area contributed by atoms with Gasteiger partial charge in [-0.1, -0.05) is 11.6 Å². The van der Waals surface area contributed by atoms with Gasteiger partial charge in [-0.05, 0) is 43.0 Å². The van der Waals surface area contributed by atoms with Crippen molar-refractivity contribution < 1.29 is 31.4 Å². The summed E-state index contributed by atoms with van der Waals surface area (Å²) in [5.41, 5.74) is 1.94. The van der Waals surface area contributed by atoms with Crippen molar-refractivity contribution in [3.63, 3.8) is 0 Å². The number of fused-ring (bicyclic) bond motifs is 3. The number of hydrogen-bond acceptors (Lipinski definition) is 6. The van der Waals surface area contributed by atoms with Gasteiger partial charge in [0.2, 0.25) is 17.6 Å². The number of H-pyrrole nitrogens is 1. The third kappa shape index (κ3) is 5.13. The number of nitrogens with one attached hydrogen (secondary N) is 1. The molecule has 2 N–H and O–H groups in total. The van der Waals surface area contributed by atoms with Gasteiger partial charge in [0.25, 0.3) is 0 Å². The fourth-order valence-corrected chi connectivity index (χ4v) is 4.35. The van der Waals surface area contributed by atoms with E-state index < -0.39 is 42.1 Å². The molecule has 35 heavy (non-hydrogen) atoms. The van der Waals surface area contributed by atoms with Crippen LogP contribution in [0.2, 0.25) is 5.02 Å². The van der Waals surface area contributed by atoms with Crippen LogP contribution in [0.25, 0.3) is 10.9 Å². The number of aliphatic hydroxyl groups excluding tert-OH is 1. The van der Waals surface area contributed by atoms with Crippen LogP contribution in [0.3, 0.4) is 0 Å². The molecular formula is C21H17ClF6N6O. The molecule has 0 saturated heterocycles. The van der Waals surface area contributed by atoms with Crippen molar-refractivity contribution in [1.82, 2.24) is 19.9 Å². The van der Waals surface area contributed by atoms with Gasteiger partial charge in [0.15, 0.2) is 0 Å². The maximum Gasteiger partial charge on any atom is 0.451 e. The zero-order valence-corrected chi connectivity index (χ0v) is 18.5. The maximum atomic E-state index is 13.3. The Labute approximate surface area is 199 Å². The molecule has 4 rings (SSSR count). The number of benzene rings is 1. The second-order valence-electron chi connectivity index (χ2n) is 8.03. The van der Waals surface area contributed by atoms with Crippen LogP contribution < -0.4 is 4.90 Å². The summed E-state index contributed by atoms with van der Waals surface area (Å²) in [6.07, 6.45) is -11.3. The van der Waals surface area contributed by atoms with Crippen molar-refractivity contribution in [3.8, 4) is 6.07 Å². The van der Waals surface area contributed by atoms with Gasteiger partial charge in [-0.2, -0.15) is 41.6 Å². The van der Waals surface area contributed by atoms with E-state index in [2.05, 4.69) is 19.9 Å². The molecule has 0 saturated carbocycles. The third-order valence-electron chi connectivity index (χ3n) is 5.69. The second kappa shape index (κ2) is 9.16. The Balaban J connectivity index is 1.85. The fraction of sp³-hybridized carbons (Fsp3) is 0.429. The van der Waals surface area contributed by atoms with Gasteiger partial charge in [0.05, 0.1) is 18.2 Å². The van der Waals surface area contributed by atoms with Crippen molar-refractivity contribution in [3.05, 3.63) is 46.1 Å². The highest BCUT2D eigenvalue weighted by Gasteiger charge is 2.43. The van der Waals surface area contributed by atoms with Crippen molar-refractivity contribution in [2.75, 3.05) is 11.4 Å². The van der Waals surface area contributed by atoms with E-state index in [1.807, 2.05) is 6.07 Å². The number of hydrogen-bond donors (Lipinski definition) is 2. The van der Waals surface area contributed by atoms with E-state index in [-0.39, 0.29) is 32.2 Å². The molecule has 14 heteroatoms. The number of nitrogens with zero attached hydrogens (tertiary/aromatic N) is 5. The highest BCUT2D eigenvalue weighted by Crippen LogP contribution is 2.41. The number of anilines is 1. The lowest BCUT2D eigenvalue weighted by atomic mass is 9.93. The van der Waals surface area contributed by atoms with E-state index in [4.69, 9.17) is 16.9 Å². The first-order valence-corrected chi connectivity index (χ1v) is 10.8. The highest BCUT2D eigenvalue weighted by atomic mass is 35.5. The van der Waals surface area contributed by atoms with Crippen LogP contribution in [0.1, 0.15) is 48.2 Å². The van der Waals surface area contributed by atoms with E-state index in [1.54, 1.807) is 18.2 Å². The fourth-order valence-electron chi connectivity index (χ4n) is 4.18. The molecule has 0 radical (unpaired) electrons. The zero-order chi connectivity index (χ0) is 25.5. The Morgan fingerprint density at radius 3 is 2.40 bits per heavy atom. The van der Waals surface area contributed by atoms with Crippen LogP contribution in [0.5, 0.6) is 0 Å². The molecule has 0 unspecified atom stereocenters. The molecule has 0 fully saturated rings. The van der Waals surface area contributed by atoms with Crippen LogP contribution >= 0.6 is 11.6 Å². The predicted octanol–water partition coefficient (Wildman–Crippen LogP) is 5.20. The SMILES string of the molecule is N#CCC[C@H](O)C[C@@H]1c2[nH]c3ccc(Cl)cc3c2CCN1c1nc(C(F)(F)F)nc(C(F)(F)F)n1. The van der Waals surface area contributed by atoms with Gasteiger partial charge >= 0.3 is 12.4 Å². The summed E-state index contributed by atoms with van der Waals surface area (Å²) in [7, 11) is 0. The molecule has 1 aliphatic rings. The Morgan fingerprint density at radius 2 is 1.80 bits per heavy atom. The zero-order valence-electron chi connectivity index (χ0n) is 17.8. The Bertz CT molecular complexity index is 1250. The average molecular weight is 519 g/mol. The second-order valence-corrected chi connectivity index (χ2v) is 8.47. The van der Waals surface area contributed by atoms with Crippen LogP contribution in [-0.4, -0.2) is 37.7 Å². The molecule has 2 aromatic heterocycles.